The zero-order valence-corrected chi connectivity index (χ0v) is 24.0. The van der Waals surface area contributed by atoms with Crippen molar-refractivity contribution >= 4 is 29.1 Å². The highest BCUT2D eigenvalue weighted by Gasteiger charge is 2.53. The number of hydrogen-bond acceptors (Lipinski definition) is 8. The van der Waals surface area contributed by atoms with Gasteiger partial charge in [-0.2, -0.15) is 0 Å². The fourth-order valence-electron chi connectivity index (χ4n) is 4.73. The first-order chi connectivity index (χ1) is 18.8. The Balaban J connectivity index is 1.49. The molecule has 2 aromatic rings. The summed E-state index contributed by atoms with van der Waals surface area (Å²) in [4.78, 5) is 45.9. The zero-order chi connectivity index (χ0) is 29.2. The van der Waals surface area contributed by atoms with Crippen molar-refractivity contribution in [1.82, 2.24) is 20.5 Å². The number of thiazole rings is 1. The molecule has 2 heterocycles. The Kier molecular flexibility index (Phi) is 8.81. The van der Waals surface area contributed by atoms with Crippen molar-refractivity contribution < 1.29 is 33.7 Å². The lowest BCUT2D eigenvalue weighted by Crippen LogP contribution is -2.59. The molecule has 1 aromatic carbocycles. The molecule has 1 saturated carbocycles. The fraction of sp³-hybridized carbons (Fsp3) is 0.571. The smallest absolute Gasteiger partial charge is 0.258 e. The summed E-state index contributed by atoms with van der Waals surface area (Å²) in [6.45, 7) is 7.06. The molecular formula is C28H37FN4O6S. The highest BCUT2D eigenvalue weighted by molar-refractivity contribution is 7.13. The third kappa shape index (κ3) is 6.61. The van der Waals surface area contributed by atoms with Crippen LogP contribution < -0.4 is 15.4 Å². The van der Waals surface area contributed by atoms with E-state index in [4.69, 9.17) is 4.74 Å². The second kappa shape index (κ2) is 11.8. The van der Waals surface area contributed by atoms with Crippen molar-refractivity contribution in [3.63, 3.8) is 0 Å². The molecule has 4 N–H and O–H groups in total. The largest absolute Gasteiger partial charge is 0.491 e. The van der Waals surface area contributed by atoms with Gasteiger partial charge < -0.3 is 30.5 Å². The van der Waals surface area contributed by atoms with Crippen molar-refractivity contribution in [3.05, 3.63) is 35.0 Å². The van der Waals surface area contributed by atoms with Crippen molar-refractivity contribution in [2.24, 2.45) is 5.41 Å². The van der Waals surface area contributed by atoms with Gasteiger partial charge in [-0.1, -0.05) is 32.9 Å². The molecule has 0 radical (unpaired) electrons. The molecule has 1 aromatic heterocycles. The SMILES string of the molecule is Cc1ncsc1-c1ccc(CNC(=O)[C@@H]2C[C@@H](O)CN2C(=O)[C@@H](NC(=O)C2(F)CC2)C(C)(C)C)c(OCCO)c1. The number of rotatable bonds is 10. The van der Waals surface area contributed by atoms with Gasteiger partial charge in [0.25, 0.3) is 5.91 Å². The third-order valence-corrected chi connectivity index (χ3v) is 8.20. The first-order valence-electron chi connectivity index (χ1n) is 13.4. The number of aliphatic hydroxyl groups is 2. The summed E-state index contributed by atoms with van der Waals surface area (Å²) < 4.78 is 20.1. The normalized spacial score (nSPS) is 20.6. The van der Waals surface area contributed by atoms with Gasteiger partial charge in [0, 0.05) is 25.1 Å². The minimum absolute atomic E-state index is 0.0346. The van der Waals surface area contributed by atoms with Gasteiger partial charge in [0.15, 0.2) is 5.67 Å². The van der Waals surface area contributed by atoms with Crippen LogP contribution in [-0.4, -0.2) is 81.4 Å². The maximum Gasteiger partial charge on any atom is 0.258 e. The maximum absolute atomic E-state index is 14.4. The standard InChI is InChI=1S/C28H37FN4O6S/c1-16-22(40-15-31-16)17-5-6-18(21(11-17)39-10-9-34)13-30-24(36)20-12-19(35)14-33(20)25(37)23(27(2,3)4)32-26(38)28(29)7-8-28/h5-6,11,15,19-20,23,34-35H,7-10,12-14H2,1-4H3,(H,30,36)(H,32,38)/t19-,20+,23-/m1/s1. The summed E-state index contributed by atoms with van der Waals surface area (Å²) in [7, 11) is 0. The van der Waals surface area contributed by atoms with E-state index in [2.05, 4.69) is 15.6 Å². The van der Waals surface area contributed by atoms with Crippen LogP contribution in [-0.2, 0) is 20.9 Å². The molecule has 1 aliphatic carbocycles. The average Bonchev–Trinajstić information content (AvgIpc) is 3.31. The molecule has 2 aliphatic rings. The number of alkyl halides is 1. The van der Waals surface area contributed by atoms with E-state index in [9.17, 15) is 29.0 Å². The number of hydrogen-bond donors (Lipinski definition) is 4. The monoisotopic (exact) mass is 576 g/mol. The lowest BCUT2D eigenvalue weighted by Gasteiger charge is -2.35. The van der Waals surface area contributed by atoms with E-state index in [1.54, 1.807) is 26.3 Å². The molecule has 0 spiro atoms. The minimum atomic E-state index is -1.95. The second-order valence-electron chi connectivity index (χ2n) is 11.5. The summed E-state index contributed by atoms with van der Waals surface area (Å²) in [5.41, 5.74) is 1.50. The van der Waals surface area contributed by atoms with Crippen LogP contribution in [0.3, 0.4) is 0 Å². The number of likely N-dealkylation sites (tertiary alicyclic amines) is 1. The Labute approximate surface area is 236 Å². The van der Waals surface area contributed by atoms with Crippen LogP contribution in [0.1, 0.15) is 51.3 Å². The average molecular weight is 577 g/mol. The molecular weight excluding hydrogens is 539 g/mol. The van der Waals surface area contributed by atoms with Crippen LogP contribution in [0.2, 0.25) is 0 Å². The molecule has 40 heavy (non-hydrogen) atoms. The number of halogens is 1. The van der Waals surface area contributed by atoms with E-state index >= 15 is 0 Å². The van der Waals surface area contributed by atoms with E-state index in [0.29, 0.717) is 11.3 Å². The lowest BCUT2D eigenvalue weighted by molar-refractivity contribution is -0.145. The molecule has 10 nitrogen and oxygen atoms in total. The summed E-state index contributed by atoms with van der Waals surface area (Å²) in [5.74, 6) is -1.34. The maximum atomic E-state index is 14.4. The Morgan fingerprint density at radius 2 is 2.02 bits per heavy atom. The fourth-order valence-corrected chi connectivity index (χ4v) is 5.53. The van der Waals surface area contributed by atoms with Gasteiger partial charge in [-0.25, -0.2) is 9.37 Å². The first-order valence-corrected chi connectivity index (χ1v) is 14.2. The zero-order valence-electron chi connectivity index (χ0n) is 23.2. The minimum Gasteiger partial charge on any atom is -0.491 e. The van der Waals surface area contributed by atoms with Crippen LogP contribution >= 0.6 is 11.3 Å². The molecule has 218 valence electrons. The Hall–Kier alpha value is -3.09. The van der Waals surface area contributed by atoms with Crippen molar-refractivity contribution in [2.75, 3.05) is 19.8 Å². The van der Waals surface area contributed by atoms with E-state index < -0.39 is 47.0 Å². The number of nitrogens with one attached hydrogen (secondary N) is 2. The summed E-state index contributed by atoms with van der Waals surface area (Å²) >= 11 is 1.50. The van der Waals surface area contributed by atoms with E-state index in [1.165, 1.54) is 16.2 Å². The predicted molar refractivity (Wildman–Crippen MR) is 147 cm³/mol. The Morgan fingerprint density at radius 1 is 1.30 bits per heavy atom. The molecule has 1 saturated heterocycles. The molecule has 1 aliphatic heterocycles. The van der Waals surface area contributed by atoms with Crippen molar-refractivity contribution in [2.45, 2.75) is 77.4 Å². The van der Waals surface area contributed by atoms with Crippen molar-refractivity contribution in [3.8, 4) is 16.2 Å². The van der Waals surface area contributed by atoms with Crippen LogP contribution in [0, 0.1) is 12.3 Å². The molecule has 3 atom stereocenters. The number of aromatic nitrogens is 1. The number of aryl methyl sites for hydroxylation is 1. The number of nitrogens with zero attached hydrogens (tertiary/aromatic N) is 2. The summed E-state index contributed by atoms with van der Waals surface area (Å²) in [5, 5.41) is 25.0. The molecule has 2 fully saturated rings. The number of amides is 3. The van der Waals surface area contributed by atoms with Gasteiger partial charge in [-0.3, -0.25) is 14.4 Å². The number of ether oxygens (including phenoxy) is 1. The molecule has 3 amide bonds. The number of aliphatic hydroxyl groups excluding tert-OH is 2. The van der Waals surface area contributed by atoms with Crippen LogP contribution in [0.5, 0.6) is 5.75 Å². The molecule has 0 unspecified atom stereocenters. The van der Waals surface area contributed by atoms with Gasteiger partial charge >= 0.3 is 0 Å². The molecule has 12 heteroatoms. The van der Waals surface area contributed by atoms with Crippen LogP contribution in [0.4, 0.5) is 4.39 Å². The number of benzene rings is 1. The topological polar surface area (TPSA) is 141 Å². The van der Waals surface area contributed by atoms with Gasteiger partial charge in [0.2, 0.25) is 11.8 Å². The predicted octanol–water partition coefficient (Wildman–Crippen LogP) is 2.10. The van der Waals surface area contributed by atoms with Crippen LogP contribution in [0.15, 0.2) is 23.7 Å². The lowest BCUT2D eigenvalue weighted by atomic mass is 9.85. The molecule has 0 bridgehead atoms. The van der Waals surface area contributed by atoms with Gasteiger partial charge in [0.1, 0.15) is 24.4 Å². The van der Waals surface area contributed by atoms with Gasteiger partial charge in [0.05, 0.1) is 28.8 Å². The number of carbonyl (C=O) groups is 3. The highest BCUT2D eigenvalue weighted by Crippen LogP contribution is 2.40. The van der Waals surface area contributed by atoms with Crippen molar-refractivity contribution in [1.29, 1.82) is 0 Å². The highest BCUT2D eigenvalue weighted by atomic mass is 32.1. The number of β-amino-alcohol motifs (C(OH)–C–C–N with tert-alkyl or cyclic N) is 1. The Bertz CT molecular complexity index is 1260. The van der Waals surface area contributed by atoms with Crippen LogP contribution in [0.25, 0.3) is 10.4 Å². The van der Waals surface area contributed by atoms with E-state index in [-0.39, 0.29) is 45.6 Å². The number of carbonyl (C=O) groups excluding carboxylic acids is 3. The Morgan fingerprint density at radius 3 is 2.62 bits per heavy atom. The quantitative estimate of drug-likeness (QED) is 0.340. The van der Waals surface area contributed by atoms with E-state index in [1.807, 2.05) is 25.1 Å². The summed E-state index contributed by atoms with van der Waals surface area (Å²) in [6, 6.07) is 3.52. The van der Waals surface area contributed by atoms with Gasteiger partial charge in [-0.05, 0) is 36.8 Å². The second-order valence-corrected chi connectivity index (χ2v) is 12.4. The first kappa shape index (κ1) is 29.9. The van der Waals surface area contributed by atoms with E-state index in [0.717, 1.165) is 16.1 Å². The van der Waals surface area contributed by atoms with Gasteiger partial charge in [-0.15, -0.1) is 11.3 Å². The molecule has 4 rings (SSSR count). The summed E-state index contributed by atoms with van der Waals surface area (Å²) in [6.07, 6.45) is -0.650. The third-order valence-electron chi connectivity index (χ3n) is 7.23.